The summed E-state index contributed by atoms with van der Waals surface area (Å²) in [6, 6.07) is 6.49. The Kier molecular flexibility index (Phi) is 4.61. The molecule has 2 N–H and O–H groups in total. The highest BCUT2D eigenvalue weighted by molar-refractivity contribution is 7.89. The van der Waals surface area contributed by atoms with Crippen LogP contribution in [0.4, 0.5) is 0 Å². The summed E-state index contributed by atoms with van der Waals surface area (Å²) in [5.41, 5.74) is 6.48. The second-order valence-corrected chi connectivity index (χ2v) is 6.78. The zero-order chi connectivity index (χ0) is 15.5. The van der Waals surface area contributed by atoms with Crippen molar-refractivity contribution in [2.24, 2.45) is 5.73 Å². The van der Waals surface area contributed by atoms with Gasteiger partial charge in [0.05, 0.1) is 0 Å². The van der Waals surface area contributed by atoms with Crippen LogP contribution in [-0.4, -0.2) is 34.7 Å². The quantitative estimate of drug-likeness (QED) is 0.824. The van der Waals surface area contributed by atoms with E-state index in [0.29, 0.717) is 0 Å². The van der Waals surface area contributed by atoms with Gasteiger partial charge in [0.15, 0.2) is 0 Å². The number of thiocarbonyl (C=S) groups is 1. The summed E-state index contributed by atoms with van der Waals surface area (Å²) in [5.74, 6) is 0. The summed E-state index contributed by atoms with van der Waals surface area (Å²) in [4.78, 5) is 7.81. The largest absolute Gasteiger partial charge is 0.388 e. The lowest BCUT2D eigenvalue weighted by Gasteiger charge is -2.18. The SMILES string of the molecule is CN(Cc1ccncc1)S(=O)(=O)c1cccnc1C(N)=S. The lowest BCUT2D eigenvalue weighted by molar-refractivity contribution is 0.466. The standard InChI is InChI=1S/C13H14N4O2S2/c1-17(9-10-4-7-15-8-5-10)21(18,19)11-3-2-6-16-12(11)13(14)20/h2-8H,9H2,1H3,(H2,14,20). The molecule has 0 saturated carbocycles. The van der Waals surface area contributed by atoms with Crippen LogP contribution in [0.1, 0.15) is 11.3 Å². The molecule has 0 aliphatic heterocycles. The maximum atomic E-state index is 12.6. The van der Waals surface area contributed by atoms with E-state index in [1.807, 2.05) is 0 Å². The Morgan fingerprint density at radius 3 is 2.57 bits per heavy atom. The topological polar surface area (TPSA) is 89.2 Å². The second-order valence-electron chi connectivity index (χ2n) is 4.33. The first-order chi connectivity index (χ1) is 9.93. The van der Waals surface area contributed by atoms with E-state index in [1.54, 1.807) is 24.5 Å². The molecule has 8 heteroatoms. The third-order valence-electron chi connectivity index (χ3n) is 2.85. The zero-order valence-corrected chi connectivity index (χ0v) is 12.9. The van der Waals surface area contributed by atoms with E-state index in [0.717, 1.165) is 5.56 Å². The Labute approximate surface area is 128 Å². The molecule has 0 bridgehead atoms. The Morgan fingerprint density at radius 2 is 1.95 bits per heavy atom. The number of nitrogens with zero attached hydrogens (tertiary/aromatic N) is 3. The van der Waals surface area contributed by atoms with Crippen molar-refractivity contribution in [2.75, 3.05) is 7.05 Å². The van der Waals surface area contributed by atoms with E-state index in [-0.39, 0.29) is 22.1 Å². The van der Waals surface area contributed by atoms with Gasteiger partial charge >= 0.3 is 0 Å². The molecule has 0 saturated heterocycles. The fourth-order valence-electron chi connectivity index (χ4n) is 1.78. The van der Waals surface area contributed by atoms with Gasteiger partial charge in [-0.3, -0.25) is 9.97 Å². The minimum Gasteiger partial charge on any atom is -0.388 e. The predicted octanol–water partition coefficient (Wildman–Crippen LogP) is 0.932. The molecule has 0 aliphatic carbocycles. The highest BCUT2D eigenvalue weighted by atomic mass is 32.2. The number of hydrogen-bond donors (Lipinski definition) is 1. The van der Waals surface area contributed by atoms with Crippen LogP contribution in [0.3, 0.4) is 0 Å². The molecule has 0 fully saturated rings. The van der Waals surface area contributed by atoms with E-state index in [4.69, 9.17) is 18.0 Å². The highest BCUT2D eigenvalue weighted by Crippen LogP contribution is 2.19. The molecule has 2 aromatic heterocycles. The van der Waals surface area contributed by atoms with Crippen LogP contribution in [0.15, 0.2) is 47.8 Å². The number of aromatic nitrogens is 2. The molecule has 0 aliphatic rings. The molecule has 2 aromatic rings. The maximum Gasteiger partial charge on any atom is 0.245 e. The molecule has 2 rings (SSSR count). The van der Waals surface area contributed by atoms with Gasteiger partial charge in [0.2, 0.25) is 10.0 Å². The van der Waals surface area contributed by atoms with Gasteiger partial charge in [0, 0.05) is 32.2 Å². The van der Waals surface area contributed by atoms with Crippen molar-refractivity contribution in [1.29, 1.82) is 0 Å². The van der Waals surface area contributed by atoms with Crippen molar-refractivity contribution in [3.05, 3.63) is 54.1 Å². The molecule has 6 nitrogen and oxygen atoms in total. The first kappa shape index (κ1) is 15.5. The smallest absolute Gasteiger partial charge is 0.245 e. The summed E-state index contributed by atoms with van der Waals surface area (Å²) >= 11 is 4.86. The van der Waals surface area contributed by atoms with Gasteiger partial charge < -0.3 is 5.73 Å². The molecule has 2 heterocycles. The Morgan fingerprint density at radius 1 is 1.29 bits per heavy atom. The molecule has 110 valence electrons. The molecule has 0 radical (unpaired) electrons. The van der Waals surface area contributed by atoms with Crippen LogP contribution in [0.25, 0.3) is 0 Å². The minimum atomic E-state index is -3.73. The monoisotopic (exact) mass is 322 g/mol. The molecular weight excluding hydrogens is 308 g/mol. The first-order valence-electron chi connectivity index (χ1n) is 6.03. The number of rotatable bonds is 5. The van der Waals surface area contributed by atoms with Crippen LogP contribution >= 0.6 is 12.2 Å². The normalized spacial score (nSPS) is 11.5. The van der Waals surface area contributed by atoms with Gasteiger partial charge in [-0.05, 0) is 29.8 Å². The number of pyridine rings is 2. The highest BCUT2D eigenvalue weighted by Gasteiger charge is 2.25. The molecule has 0 spiro atoms. The molecular formula is C13H14N4O2S2. The van der Waals surface area contributed by atoms with Crippen LogP contribution < -0.4 is 5.73 Å². The van der Waals surface area contributed by atoms with E-state index in [1.165, 1.54) is 29.7 Å². The van der Waals surface area contributed by atoms with Crippen molar-refractivity contribution in [1.82, 2.24) is 14.3 Å². The molecule has 0 aromatic carbocycles. The Bertz CT molecular complexity index is 748. The van der Waals surface area contributed by atoms with E-state index >= 15 is 0 Å². The summed E-state index contributed by atoms with van der Waals surface area (Å²) in [6.07, 6.45) is 4.68. The van der Waals surface area contributed by atoms with Crippen molar-refractivity contribution < 1.29 is 8.42 Å². The zero-order valence-electron chi connectivity index (χ0n) is 11.3. The predicted molar refractivity (Wildman–Crippen MR) is 83.0 cm³/mol. The number of hydrogen-bond acceptors (Lipinski definition) is 5. The van der Waals surface area contributed by atoms with Crippen molar-refractivity contribution in [3.8, 4) is 0 Å². The minimum absolute atomic E-state index is 0.00839. The van der Waals surface area contributed by atoms with Crippen LogP contribution in [-0.2, 0) is 16.6 Å². The van der Waals surface area contributed by atoms with Gasteiger partial charge in [0.1, 0.15) is 15.6 Å². The van der Waals surface area contributed by atoms with E-state index in [2.05, 4.69) is 9.97 Å². The summed E-state index contributed by atoms with van der Waals surface area (Å²) < 4.78 is 26.5. The Hall–Kier alpha value is -1.90. The average molecular weight is 322 g/mol. The lowest BCUT2D eigenvalue weighted by atomic mass is 10.3. The molecule has 0 atom stereocenters. The number of sulfonamides is 1. The van der Waals surface area contributed by atoms with Crippen LogP contribution in [0.2, 0.25) is 0 Å². The van der Waals surface area contributed by atoms with Gasteiger partial charge in [-0.1, -0.05) is 12.2 Å². The van der Waals surface area contributed by atoms with Gasteiger partial charge in [0.25, 0.3) is 0 Å². The fourth-order valence-corrected chi connectivity index (χ4v) is 3.32. The Balaban J connectivity index is 2.36. The average Bonchev–Trinajstić information content (AvgIpc) is 2.48. The van der Waals surface area contributed by atoms with E-state index < -0.39 is 10.0 Å². The third kappa shape index (κ3) is 3.41. The molecule has 0 amide bonds. The lowest BCUT2D eigenvalue weighted by Crippen LogP contribution is -2.29. The van der Waals surface area contributed by atoms with Crippen molar-refractivity contribution in [3.63, 3.8) is 0 Å². The first-order valence-corrected chi connectivity index (χ1v) is 7.88. The summed E-state index contributed by atoms with van der Waals surface area (Å²) in [6.45, 7) is 0.219. The van der Waals surface area contributed by atoms with Crippen LogP contribution in [0, 0.1) is 0 Å². The summed E-state index contributed by atoms with van der Waals surface area (Å²) in [5, 5.41) is 0. The number of nitrogens with two attached hydrogens (primary N) is 1. The maximum absolute atomic E-state index is 12.6. The molecule has 0 unspecified atom stereocenters. The second kappa shape index (κ2) is 6.25. The van der Waals surface area contributed by atoms with Gasteiger partial charge in [-0.15, -0.1) is 0 Å². The van der Waals surface area contributed by atoms with Crippen LogP contribution in [0.5, 0.6) is 0 Å². The van der Waals surface area contributed by atoms with Gasteiger partial charge in [-0.2, -0.15) is 4.31 Å². The van der Waals surface area contributed by atoms with Crippen molar-refractivity contribution >= 4 is 27.2 Å². The fraction of sp³-hybridized carbons (Fsp3) is 0.154. The summed E-state index contributed by atoms with van der Waals surface area (Å²) in [7, 11) is -2.24. The van der Waals surface area contributed by atoms with Gasteiger partial charge in [-0.25, -0.2) is 8.42 Å². The van der Waals surface area contributed by atoms with Crippen molar-refractivity contribution in [2.45, 2.75) is 11.4 Å². The van der Waals surface area contributed by atoms with E-state index in [9.17, 15) is 8.42 Å². The third-order valence-corrected chi connectivity index (χ3v) is 4.88. The molecule has 21 heavy (non-hydrogen) atoms.